The molecule has 20 nitrogen and oxygen atoms in total. The van der Waals surface area contributed by atoms with Gasteiger partial charge in [-0.15, -0.1) is 0 Å². The molecule has 2 bridgehead atoms. The molecule has 3 heterocycles. The van der Waals surface area contributed by atoms with E-state index in [1.807, 2.05) is 51.2 Å². The van der Waals surface area contributed by atoms with Crippen molar-refractivity contribution in [1.82, 2.24) is 4.90 Å². The zero-order valence-electron chi connectivity index (χ0n) is 49.3. The predicted molar refractivity (Wildman–Crippen MR) is 309 cm³/mol. The predicted octanol–water partition coefficient (Wildman–Crippen LogP) is 7.50. The first-order valence-corrected chi connectivity index (χ1v) is 32.4. The largest absolute Gasteiger partial charge is 0.460 e. The Hall–Kier alpha value is -4.30. The van der Waals surface area contributed by atoms with E-state index in [-0.39, 0.29) is 78.9 Å². The molecule has 0 radical (unpaired) electrons. The van der Waals surface area contributed by atoms with Crippen molar-refractivity contribution in [3.63, 3.8) is 0 Å². The molecule has 0 aromatic heterocycles. The summed E-state index contributed by atoms with van der Waals surface area (Å²) in [4.78, 5) is 115. The van der Waals surface area contributed by atoms with Crippen LogP contribution in [0.1, 0.15) is 132 Å². The van der Waals surface area contributed by atoms with Crippen LogP contribution in [0.4, 0.5) is 5.69 Å². The minimum Gasteiger partial charge on any atom is -0.460 e. The summed E-state index contributed by atoms with van der Waals surface area (Å²) < 4.78 is 53.9. The average molecular weight is 1190 g/mol. The third-order valence-corrected chi connectivity index (χ3v) is 21.1. The van der Waals surface area contributed by atoms with Crippen LogP contribution in [0.2, 0.25) is 0 Å². The van der Waals surface area contributed by atoms with E-state index >= 15 is 0 Å². The Morgan fingerprint density at radius 1 is 0.854 bits per heavy atom. The molecule has 2 saturated heterocycles. The lowest BCUT2D eigenvalue weighted by Gasteiger charge is -2.42. The van der Waals surface area contributed by atoms with Crippen LogP contribution < -0.4 is 10.6 Å². The first-order chi connectivity index (χ1) is 38.5. The van der Waals surface area contributed by atoms with Crippen LogP contribution in [0.3, 0.4) is 0 Å². The number of esters is 1. The molecule has 2 amide bonds. The van der Waals surface area contributed by atoms with Crippen molar-refractivity contribution in [3.8, 4) is 0 Å². The van der Waals surface area contributed by atoms with Crippen LogP contribution in [-0.4, -0.2) is 147 Å². The van der Waals surface area contributed by atoms with Gasteiger partial charge in [-0.2, -0.15) is 0 Å². The summed E-state index contributed by atoms with van der Waals surface area (Å²) in [6, 6.07) is 4.02. The number of ether oxygens (including phenoxy) is 5. The molecule has 1 aliphatic carbocycles. The van der Waals surface area contributed by atoms with Gasteiger partial charge in [-0.1, -0.05) is 71.1 Å². The third kappa shape index (κ3) is 18.8. The van der Waals surface area contributed by atoms with Gasteiger partial charge in [0.05, 0.1) is 18.3 Å². The number of anilines is 1. The molecule has 4 aliphatic rings. The molecule has 1 aromatic rings. The number of nitrogens with one attached hydrogen (secondary N) is 1. The van der Waals surface area contributed by atoms with E-state index in [9.17, 15) is 62.8 Å². The van der Waals surface area contributed by atoms with Gasteiger partial charge in [-0.3, -0.25) is 33.1 Å². The van der Waals surface area contributed by atoms with E-state index in [1.165, 1.54) is 31.4 Å². The van der Waals surface area contributed by atoms with Gasteiger partial charge >= 0.3 is 13.6 Å². The molecule has 5 rings (SSSR count). The number of aliphatic hydroxyl groups is 2. The smallest absolute Gasteiger partial charge is 0.335 e. The molecule has 0 spiro atoms. The summed E-state index contributed by atoms with van der Waals surface area (Å²) in [6.07, 6.45) is 10.8. The van der Waals surface area contributed by atoms with Crippen molar-refractivity contribution in [2.45, 2.75) is 180 Å². The van der Waals surface area contributed by atoms with Gasteiger partial charge in [0.15, 0.2) is 5.78 Å². The Labute approximate surface area is 483 Å². The summed E-state index contributed by atoms with van der Waals surface area (Å²) >= 11 is 0. The second kappa shape index (κ2) is 30.7. The first-order valence-electron chi connectivity index (χ1n) is 28.8. The number of allylic oxidation sites excluding steroid dienone is 6. The number of methoxy groups -OCH3 is 3. The van der Waals surface area contributed by atoms with Gasteiger partial charge in [-0.05, 0) is 137 Å². The van der Waals surface area contributed by atoms with Gasteiger partial charge in [0.25, 0.3) is 11.7 Å². The van der Waals surface area contributed by atoms with Crippen LogP contribution in [0.15, 0.2) is 71.9 Å². The summed E-state index contributed by atoms with van der Waals surface area (Å²) in [5, 5.41) is 26.2. The number of amides is 2. The van der Waals surface area contributed by atoms with Crippen LogP contribution in [0, 0.1) is 41.4 Å². The maximum atomic E-state index is 14.6. The Morgan fingerprint density at radius 2 is 1.55 bits per heavy atom. The summed E-state index contributed by atoms with van der Waals surface area (Å²) in [5.74, 6) is -10.5. The molecule has 458 valence electrons. The number of Topliss-reactive ketones (excluding diaryl/α,β-unsaturated/α-hetero) is 3. The van der Waals surface area contributed by atoms with Gasteiger partial charge in [0, 0.05) is 75.9 Å². The lowest BCUT2D eigenvalue weighted by molar-refractivity contribution is -0.265. The fourth-order valence-corrected chi connectivity index (χ4v) is 15.3. The number of benzene rings is 1. The van der Waals surface area contributed by atoms with Gasteiger partial charge in [0.1, 0.15) is 36.0 Å². The highest BCUT2D eigenvalue weighted by atomic mass is 31.2. The van der Waals surface area contributed by atoms with Crippen LogP contribution in [-0.2, 0) is 61.6 Å². The SMILES string of the molecule is CO[C@H]1C[C@@H]2CC[C@@H](C)[C@@](O)(O2)C(=O)C(=O)N2CCCC[C@H]2C(=O)O[C@H]([C@H](C)C[C@@H]2CC[C@@H](CC(=O)Nc3ccc(P(=O)(O)CP(=O)(O)O)cc3)[C@H](OC)C2)CC(=O)[C@H](C)/C=C(\C)[C@@H](O)[C@@H](OC)C(=O)[C@H](C)C[C@H](C)\C=C/C=C/C=C/1C. The van der Waals surface area contributed by atoms with E-state index in [2.05, 4.69) is 5.32 Å². The maximum absolute atomic E-state index is 14.6. The minimum atomic E-state index is -4.78. The second-order valence-corrected chi connectivity index (χ2v) is 28.0. The summed E-state index contributed by atoms with van der Waals surface area (Å²) in [5.41, 5.74) is 1.50. The molecule has 1 unspecified atom stereocenters. The number of cyclic esters (lactones) is 1. The highest BCUT2D eigenvalue weighted by Gasteiger charge is 2.53. The molecule has 1 saturated carbocycles. The van der Waals surface area contributed by atoms with Crippen LogP contribution >= 0.6 is 15.0 Å². The zero-order chi connectivity index (χ0) is 60.9. The molecule has 3 fully saturated rings. The van der Waals surface area contributed by atoms with Gasteiger partial charge in [-0.25, -0.2) is 4.79 Å². The molecule has 82 heavy (non-hydrogen) atoms. The molecule has 22 heteroatoms. The van der Waals surface area contributed by atoms with E-state index in [4.69, 9.17) is 23.7 Å². The third-order valence-electron chi connectivity index (χ3n) is 17.0. The number of hydrogen-bond acceptors (Lipinski definition) is 15. The number of carbonyl (C=O) groups is 6. The van der Waals surface area contributed by atoms with Crippen molar-refractivity contribution >= 4 is 61.1 Å². The second-order valence-electron chi connectivity index (χ2n) is 23.6. The average Bonchev–Trinajstić information content (AvgIpc) is 3.37. The zero-order valence-corrected chi connectivity index (χ0v) is 51.1. The molecule has 3 aliphatic heterocycles. The van der Waals surface area contributed by atoms with Crippen LogP contribution in [0.25, 0.3) is 0 Å². The summed E-state index contributed by atoms with van der Waals surface area (Å²) in [7, 11) is -4.67. The van der Waals surface area contributed by atoms with Crippen molar-refractivity contribution in [2.24, 2.45) is 41.4 Å². The van der Waals surface area contributed by atoms with Crippen molar-refractivity contribution < 1.29 is 86.5 Å². The fraction of sp³-hybridized carbons (Fsp3) is 0.667. The Kier molecular flexibility index (Phi) is 25.6. The van der Waals surface area contributed by atoms with E-state index in [0.717, 1.165) is 10.5 Å². The molecule has 6 N–H and O–H groups in total. The topological polar surface area (TPSA) is 299 Å². The number of fused-ring (bicyclic) bond motifs is 3. The fourth-order valence-electron chi connectivity index (χ4n) is 12.0. The highest BCUT2D eigenvalue weighted by Crippen LogP contribution is 2.54. The molecular weight excluding hydrogens is 1100 g/mol. The van der Waals surface area contributed by atoms with Crippen molar-refractivity contribution in [1.29, 1.82) is 0 Å². The van der Waals surface area contributed by atoms with Gasteiger partial charge < -0.3 is 58.8 Å². The van der Waals surface area contributed by atoms with Gasteiger partial charge in [0.2, 0.25) is 19.1 Å². The molecular formula is C60H90N2O18P2. The summed E-state index contributed by atoms with van der Waals surface area (Å²) in [6.45, 7) is 12.5. The Balaban J connectivity index is 1.40. The number of piperidine rings is 1. The number of rotatable bonds is 12. The standard InChI is InChI=1S/C60H90N2O18P2/c1-36-16-12-11-13-17-37(2)50(76-8)33-46-24-19-42(7)60(70,80-46)57(67)58(68)62-27-15-14-18-48(62)59(69)79-51(34-49(63)38(3)29-41(6)55(66)56(78-10)54(65)40(5)28-36)39(4)30-43-20-21-44(52(31-43)77-9)32-53(64)61-45-22-25-47(26-23-45)81(71,72)35-82(73,74)75/h11-13,16-17,22-23,25-26,29,36,38-40,42-44,46,48,50-52,55-56,66,70H,14-15,18-21,24,27-28,30-35H2,1-10H3,(H,61,64)(H,71,72)(H2,73,74,75)/b13-11+,16-12-,37-17+,41-29+/t36-,38-,39-,40-,42-,43+,44+,46+,48+,50+,51+,52-,55-,56+,60-/m1/s1. The molecule has 1 aromatic carbocycles. The minimum absolute atomic E-state index is 0.0134. The quantitative estimate of drug-likeness (QED) is 0.0511. The monoisotopic (exact) mass is 1190 g/mol. The maximum Gasteiger partial charge on any atom is 0.335 e. The molecule has 16 atom stereocenters. The number of hydrogen-bond donors (Lipinski definition) is 6. The van der Waals surface area contributed by atoms with Crippen LogP contribution in [0.5, 0.6) is 0 Å². The first kappa shape index (κ1) is 68.5. The number of nitrogens with zero attached hydrogens (tertiary/aromatic N) is 1. The lowest BCUT2D eigenvalue weighted by atomic mass is 9.74. The van der Waals surface area contributed by atoms with E-state index in [0.29, 0.717) is 69.0 Å². The van der Waals surface area contributed by atoms with E-state index in [1.54, 1.807) is 48.0 Å². The highest BCUT2D eigenvalue weighted by molar-refractivity contribution is 7.77. The Bertz CT molecular complexity index is 2610. The normalized spacial score (nSPS) is 35.4. The number of carbonyl (C=O) groups excluding carboxylic acids is 6. The number of aliphatic hydroxyl groups excluding tert-OH is 1. The van der Waals surface area contributed by atoms with Crippen molar-refractivity contribution in [3.05, 3.63) is 71.9 Å². The number of ketones is 3. The van der Waals surface area contributed by atoms with E-state index < -0.39 is 105 Å². The van der Waals surface area contributed by atoms with Crippen molar-refractivity contribution in [2.75, 3.05) is 39.1 Å². The Morgan fingerprint density at radius 3 is 2.20 bits per heavy atom. The lowest BCUT2D eigenvalue weighted by Crippen LogP contribution is -2.61.